The second-order valence-corrected chi connectivity index (χ2v) is 7.48. The molecule has 0 saturated carbocycles. The number of halogens is 1. The van der Waals surface area contributed by atoms with Crippen molar-refractivity contribution in [2.75, 3.05) is 11.5 Å². The first-order chi connectivity index (χ1) is 8.98. The number of imidazole rings is 1. The summed E-state index contributed by atoms with van der Waals surface area (Å²) in [6.07, 6.45) is 1.28. The van der Waals surface area contributed by atoms with Gasteiger partial charge in [0.1, 0.15) is 0 Å². The van der Waals surface area contributed by atoms with E-state index in [-0.39, 0.29) is 23.2 Å². The second-order valence-electron chi connectivity index (χ2n) is 4.84. The first-order valence-electron chi connectivity index (χ1n) is 6.07. The van der Waals surface area contributed by atoms with Crippen molar-refractivity contribution in [2.24, 2.45) is 0 Å². The molecule has 2 aromatic rings. The first kappa shape index (κ1) is 12.7. The van der Waals surface area contributed by atoms with Gasteiger partial charge in [0.05, 0.1) is 33.6 Å². The van der Waals surface area contributed by atoms with Gasteiger partial charge in [-0.1, -0.05) is 17.7 Å². The SMILES string of the molecule is O=c1[nH]c2c(Cl)cccc2n1C1CCCS(=O)(=O)C1. The number of H-pyrrole nitrogens is 1. The molecular formula is C12H13ClN2O3S. The van der Waals surface area contributed by atoms with Gasteiger partial charge in [0, 0.05) is 0 Å². The average Bonchev–Trinajstić information content (AvgIpc) is 2.66. The van der Waals surface area contributed by atoms with Gasteiger partial charge in [-0.05, 0) is 25.0 Å². The lowest BCUT2D eigenvalue weighted by atomic mass is 10.2. The Hall–Kier alpha value is -1.27. The lowest BCUT2D eigenvalue weighted by Gasteiger charge is -2.23. The molecule has 0 bridgehead atoms. The van der Waals surface area contributed by atoms with Crippen LogP contribution in [-0.2, 0) is 9.84 Å². The van der Waals surface area contributed by atoms with Gasteiger partial charge in [0.2, 0.25) is 0 Å². The van der Waals surface area contributed by atoms with Gasteiger partial charge in [0.15, 0.2) is 9.84 Å². The number of rotatable bonds is 1. The molecule has 3 rings (SSSR count). The Bertz CT molecular complexity index is 791. The van der Waals surface area contributed by atoms with E-state index in [0.29, 0.717) is 28.9 Å². The van der Waals surface area contributed by atoms with Gasteiger partial charge in [-0.3, -0.25) is 4.57 Å². The quantitative estimate of drug-likeness (QED) is 0.872. The molecule has 0 radical (unpaired) electrons. The maximum atomic E-state index is 12.1. The van der Waals surface area contributed by atoms with Crippen LogP contribution < -0.4 is 5.69 Å². The minimum atomic E-state index is -3.06. The number of fused-ring (bicyclic) bond motifs is 1. The number of aromatic amines is 1. The maximum absolute atomic E-state index is 12.1. The lowest BCUT2D eigenvalue weighted by Crippen LogP contribution is -2.32. The Morgan fingerprint density at radius 3 is 2.89 bits per heavy atom. The van der Waals surface area contributed by atoms with Gasteiger partial charge in [-0.2, -0.15) is 0 Å². The third kappa shape index (κ3) is 2.19. The van der Waals surface area contributed by atoms with E-state index in [1.165, 1.54) is 4.57 Å². The minimum Gasteiger partial charge on any atom is -0.304 e. The molecule has 1 atom stereocenters. The predicted octanol–water partition coefficient (Wildman–Crippen LogP) is 1.73. The topological polar surface area (TPSA) is 71.9 Å². The Labute approximate surface area is 115 Å². The van der Waals surface area contributed by atoms with Crippen LogP contribution in [0.4, 0.5) is 0 Å². The van der Waals surface area contributed by atoms with Crippen LogP contribution >= 0.6 is 11.6 Å². The molecule has 1 N–H and O–H groups in total. The second kappa shape index (κ2) is 4.38. The molecular weight excluding hydrogens is 288 g/mol. The van der Waals surface area contributed by atoms with E-state index < -0.39 is 9.84 Å². The fourth-order valence-corrected chi connectivity index (χ4v) is 4.57. The van der Waals surface area contributed by atoms with E-state index in [1.54, 1.807) is 18.2 Å². The van der Waals surface area contributed by atoms with Gasteiger partial charge in [-0.25, -0.2) is 13.2 Å². The number of benzene rings is 1. The van der Waals surface area contributed by atoms with Crippen LogP contribution in [0.5, 0.6) is 0 Å². The number of nitrogens with zero attached hydrogens (tertiary/aromatic N) is 1. The third-order valence-corrected chi connectivity index (χ3v) is 5.62. The van der Waals surface area contributed by atoms with Crippen LogP contribution in [0.2, 0.25) is 5.02 Å². The number of para-hydroxylation sites is 1. The predicted molar refractivity (Wildman–Crippen MR) is 74.5 cm³/mol. The van der Waals surface area contributed by atoms with Gasteiger partial charge in [-0.15, -0.1) is 0 Å². The smallest absolute Gasteiger partial charge is 0.304 e. The normalized spacial score (nSPS) is 22.7. The fourth-order valence-electron chi connectivity index (χ4n) is 2.68. The number of aromatic nitrogens is 2. The summed E-state index contributed by atoms with van der Waals surface area (Å²) in [7, 11) is -3.06. The number of hydrogen-bond acceptors (Lipinski definition) is 3. The summed E-state index contributed by atoms with van der Waals surface area (Å²) in [6.45, 7) is 0. The van der Waals surface area contributed by atoms with E-state index in [2.05, 4.69) is 4.98 Å². The molecule has 1 fully saturated rings. The molecule has 7 heteroatoms. The Balaban J connectivity index is 2.18. The van der Waals surface area contributed by atoms with Crippen LogP contribution in [0.15, 0.2) is 23.0 Å². The fraction of sp³-hybridized carbons (Fsp3) is 0.417. The zero-order chi connectivity index (χ0) is 13.6. The molecule has 102 valence electrons. The van der Waals surface area contributed by atoms with E-state index >= 15 is 0 Å². The van der Waals surface area contributed by atoms with E-state index in [1.807, 2.05) is 0 Å². The van der Waals surface area contributed by atoms with E-state index in [9.17, 15) is 13.2 Å². The largest absolute Gasteiger partial charge is 0.326 e. The summed E-state index contributed by atoms with van der Waals surface area (Å²) in [6, 6.07) is 4.92. The monoisotopic (exact) mass is 300 g/mol. The number of nitrogens with one attached hydrogen (secondary N) is 1. The van der Waals surface area contributed by atoms with Crippen molar-refractivity contribution in [1.29, 1.82) is 0 Å². The number of sulfone groups is 1. The summed E-state index contributed by atoms with van der Waals surface area (Å²) in [5.41, 5.74) is 0.932. The Kier molecular flexibility index (Phi) is 2.94. The minimum absolute atomic E-state index is 0.0202. The first-order valence-corrected chi connectivity index (χ1v) is 8.27. The van der Waals surface area contributed by atoms with E-state index in [4.69, 9.17) is 11.6 Å². The van der Waals surface area contributed by atoms with Crippen molar-refractivity contribution in [1.82, 2.24) is 9.55 Å². The molecule has 0 aliphatic carbocycles. The molecule has 5 nitrogen and oxygen atoms in total. The summed E-state index contributed by atoms with van der Waals surface area (Å²) in [4.78, 5) is 14.8. The Morgan fingerprint density at radius 2 is 2.16 bits per heavy atom. The Morgan fingerprint density at radius 1 is 1.37 bits per heavy atom. The third-order valence-electron chi connectivity index (χ3n) is 3.51. The summed E-state index contributed by atoms with van der Waals surface area (Å²) < 4.78 is 25.0. The van der Waals surface area contributed by atoms with Crippen molar-refractivity contribution in [3.8, 4) is 0 Å². The summed E-state index contributed by atoms with van der Waals surface area (Å²) in [5, 5.41) is 0.465. The summed E-state index contributed by atoms with van der Waals surface area (Å²) in [5.74, 6) is 0.230. The highest BCUT2D eigenvalue weighted by Gasteiger charge is 2.28. The summed E-state index contributed by atoms with van der Waals surface area (Å²) >= 11 is 6.04. The molecule has 1 saturated heterocycles. The van der Waals surface area contributed by atoms with Crippen molar-refractivity contribution < 1.29 is 8.42 Å². The van der Waals surface area contributed by atoms with Crippen molar-refractivity contribution >= 4 is 32.5 Å². The lowest BCUT2D eigenvalue weighted by molar-refractivity contribution is 0.470. The molecule has 0 spiro atoms. The van der Waals surface area contributed by atoms with E-state index in [0.717, 1.165) is 0 Å². The standard InChI is InChI=1S/C12H13ClN2O3S/c13-9-4-1-5-10-11(9)14-12(16)15(10)8-3-2-6-19(17,18)7-8/h1,4-5,8H,2-3,6-7H2,(H,14,16). The van der Waals surface area contributed by atoms with Crippen molar-refractivity contribution in [3.63, 3.8) is 0 Å². The molecule has 0 amide bonds. The van der Waals surface area contributed by atoms with Crippen molar-refractivity contribution in [2.45, 2.75) is 18.9 Å². The number of hydrogen-bond donors (Lipinski definition) is 1. The zero-order valence-corrected chi connectivity index (χ0v) is 11.7. The van der Waals surface area contributed by atoms with Crippen LogP contribution in [0, 0.1) is 0 Å². The molecule has 1 aliphatic heterocycles. The zero-order valence-electron chi connectivity index (χ0n) is 10.1. The highest BCUT2D eigenvalue weighted by atomic mass is 35.5. The molecule has 1 unspecified atom stereocenters. The van der Waals surface area contributed by atoms with Gasteiger partial charge < -0.3 is 4.98 Å². The molecule has 1 aromatic heterocycles. The van der Waals surface area contributed by atoms with Crippen LogP contribution in [-0.4, -0.2) is 29.5 Å². The van der Waals surface area contributed by atoms with Crippen LogP contribution in [0.1, 0.15) is 18.9 Å². The van der Waals surface area contributed by atoms with Crippen LogP contribution in [0.25, 0.3) is 11.0 Å². The van der Waals surface area contributed by atoms with Crippen molar-refractivity contribution in [3.05, 3.63) is 33.7 Å². The molecule has 1 aliphatic rings. The van der Waals surface area contributed by atoms with Gasteiger partial charge in [0.25, 0.3) is 0 Å². The van der Waals surface area contributed by atoms with Crippen LogP contribution in [0.3, 0.4) is 0 Å². The highest BCUT2D eigenvalue weighted by molar-refractivity contribution is 7.91. The maximum Gasteiger partial charge on any atom is 0.326 e. The molecule has 2 heterocycles. The highest BCUT2D eigenvalue weighted by Crippen LogP contribution is 2.27. The molecule has 1 aromatic carbocycles. The average molecular weight is 301 g/mol. The van der Waals surface area contributed by atoms with Gasteiger partial charge >= 0.3 is 5.69 Å². The molecule has 19 heavy (non-hydrogen) atoms.